The average Bonchev–Trinajstić information content (AvgIpc) is 3.66. The van der Waals surface area contributed by atoms with Gasteiger partial charge in [0, 0.05) is 50.5 Å². The molecule has 0 bridgehead atoms. The van der Waals surface area contributed by atoms with E-state index in [9.17, 15) is 19.8 Å². The molecule has 2 fully saturated rings. The van der Waals surface area contributed by atoms with Crippen molar-refractivity contribution in [2.75, 3.05) is 46.0 Å². The number of morpholine rings is 1. The van der Waals surface area contributed by atoms with Crippen LogP contribution in [0.15, 0.2) is 109 Å². The van der Waals surface area contributed by atoms with Gasteiger partial charge in [-0.1, -0.05) is 97.1 Å². The van der Waals surface area contributed by atoms with Gasteiger partial charge in [0.1, 0.15) is 12.4 Å². The highest BCUT2D eigenvalue weighted by atomic mass is 16.5. The highest BCUT2D eigenvalue weighted by molar-refractivity contribution is 5.82. The van der Waals surface area contributed by atoms with Crippen molar-refractivity contribution in [3.63, 3.8) is 0 Å². The molecule has 9 nitrogen and oxygen atoms in total. The molecule has 0 aromatic heterocycles. The molecule has 0 saturated carbocycles. The number of likely N-dealkylation sites (tertiary alicyclic amines) is 1. The molecule has 4 aromatic carbocycles. The SMILES string of the molecule is O=C(N[C@H]1c2ccccc2C[C@H]1O)[C@H](Cc1ccccc1)C[C@H](O)CN1C(=O)[C@@H](Cc2ccccc2)C[C@@H]1Cc1ccc(OCCN2CCOCC2)cc1. The lowest BCUT2D eigenvalue weighted by atomic mass is 9.91. The van der Waals surface area contributed by atoms with Crippen molar-refractivity contribution in [3.8, 4) is 5.75 Å². The van der Waals surface area contributed by atoms with E-state index in [-0.39, 0.29) is 36.7 Å². The van der Waals surface area contributed by atoms with Crippen molar-refractivity contribution >= 4 is 11.8 Å². The van der Waals surface area contributed by atoms with E-state index in [1.165, 1.54) is 0 Å². The number of hydrogen-bond acceptors (Lipinski definition) is 7. The lowest BCUT2D eigenvalue weighted by molar-refractivity contribution is -0.133. The number of aliphatic hydroxyl groups excluding tert-OH is 2. The van der Waals surface area contributed by atoms with Crippen LogP contribution in [-0.4, -0.2) is 96.1 Å². The van der Waals surface area contributed by atoms with Gasteiger partial charge in [0.15, 0.2) is 0 Å². The van der Waals surface area contributed by atoms with Crippen LogP contribution in [0.5, 0.6) is 5.75 Å². The molecule has 2 heterocycles. The monoisotopic (exact) mass is 731 g/mol. The minimum atomic E-state index is -0.922. The van der Waals surface area contributed by atoms with Gasteiger partial charge < -0.3 is 29.9 Å². The van der Waals surface area contributed by atoms with Crippen molar-refractivity contribution in [3.05, 3.63) is 137 Å². The summed E-state index contributed by atoms with van der Waals surface area (Å²) in [5.74, 6) is -0.105. The Kier molecular flexibility index (Phi) is 12.7. The highest BCUT2D eigenvalue weighted by Gasteiger charge is 2.41. The van der Waals surface area contributed by atoms with Crippen LogP contribution in [0.3, 0.4) is 0 Å². The molecule has 0 radical (unpaired) electrons. The van der Waals surface area contributed by atoms with E-state index >= 15 is 0 Å². The van der Waals surface area contributed by atoms with Gasteiger partial charge in [0.25, 0.3) is 0 Å². The summed E-state index contributed by atoms with van der Waals surface area (Å²) in [6.45, 7) is 5.01. The molecule has 7 rings (SSSR count). The fourth-order valence-corrected chi connectivity index (χ4v) is 8.41. The zero-order valence-electron chi connectivity index (χ0n) is 31.0. The topological polar surface area (TPSA) is 112 Å². The third-order valence-electron chi connectivity index (χ3n) is 11.3. The number of β-amino-alcohol motifs (C(OH)–C–C–N with tert-alkyl or cyclic N) is 1. The zero-order valence-corrected chi connectivity index (χ0v) is 31.0. The predicted molar refractivity (Wildman–Crippen MR) is 208 cm³/mol. The third kappa shape index (κ3) is 9.76. The lowest BCUT2D eigenvalue weighted by Crippen LogP contribution is -2.43. The maximum atomic E-state index is 14.1. The van der Waals surface area contributed by atoms with Gasteiger partial charge in [-0.3, -0.25) is 14.5 Å². The van der Waals surface area contributed by atoms with Crippen LogP contribution in [0.4, 0.5) is 0 Å². The molecule has 0 spiro atoms. The molecule has 6 atom stereocenters. The first-order valence-corrected chi connectivity index (χ1v) is 19.5. The van der Waals surface area contributed by atoms with Gasteiger partial charge in [0.05, 0.1) is 31.5 Å². The molecule has 3 N–H and O–H groups in total. The zero-order chi connectivity index (χ0) is 37.3. The van der Waals surface area contributed by atoms with Gasteiger partial charge in [-0.25, -0.2) is 0 Å². The van der Waals surface area contributed by atoms with Crippen LogP contribution in [0, 0.1) is 11.8 Å². The number of aliphatic hydroxyl groups is 2. The lowest BCUT2D eigenvalue weighted by Gasteiger charge is -2.29. The first-order chi connectivity index (χ1) is 26.4. The maximum Gasteiger partial charge on any atom is 0.226 e. The second kappa shape index (κ2) is 18.2. The van der Waals surface area contributed by atoms with Crippen LogP contribution < -0.4 is 10.1 Å². The van der Waals surface area contributed by atoms with E-state index in [1.807, 2.05) is 89.8 Å². The van der Waals surface area contributed by atoms with Crippen LogP contribution in [0.2, 0.25) is 0 Å². The van der Waals surface area contributed by atoms with Crippen LogP contribution in [-0.2, 0) is 40.0 Å². The van der Waals surface area contributed by atoms with Crippen molar-refractivity contribution < 1.29 is 29.3 Å². The summed E-state index contributed by atoms with van der Waals surface area (Å²) < 4.78 is 11.5. The Bertz CT molecular complexity index is 1800. The molecule has 284 valence electrons. The molecule has 4 aromatic rings. The Morgan fingerprint density at radius 1 is 0.852 bits per heavy atom. The number of carbonyl (C=O) groups is 2. The summed E-state index contributed by atoms with van der Waals surface area (Å²) in [6.07, 6.45) is 1.45. The number of nitrogens with zero attached hydrogens (tertiary/aromatic N) is 2. The van der Waals surface area contributed by atoms with Crippen molar-refractivity contribution in [2.24, 2.45) is 11.8 Å². The van der Waals surface area contributed by atoms with Crippen LogP contribution in [0.1, 0.15) is 46.7 Å². The standard InChI is InChI=1S/C45H53N3O6/c49-39(29-36(25-32-9-3-1-4-10-32)44(51)46-43-41-14-8-7-13-35(41)30-42(43)50)31-48-38(28-37(45(48)52)26-33-11-5-2-6-12-33)27-34-15-17-40(18-16-34)54-24-21-47-19-22-53-23-20-47/h1-18,36-39,42-43,49-50H,19-31H2,(H,46,51)/t36-,37+,38+,39+,42-,43+/m1/s1. The van der Waals surface area contributed by atoms with Gasteiger partial charge in [0.2, 0.25) is 11.8 Å². The number of fused-ring (bicyclic) bond motifs is 1. The second-order valence-corrected chi connectivity index (χ2v) is 15.2. The Labute approximate surface area is 318 Å². The molecular weight excluding hydrogens is 679 g/mol. The van der Waals surface area contributed by atoms with E-state index < -0.39 is 24.2 Å². The Balaban J connectivity index is 1.03. The quantitative estimate of drug-likeness (QED) is 0.152. The number of carbonyl (C=O) groups excluding carboxylic acids is 2. The molecular formula is C45H53N3O6. The fraction of sp³-hybridized carbons (Fsp3) is 0.422. The first-order valence-electron chi connectivity index (χ1n) is 19.5. The largest absolute Gasteiger partial charge is 0.492 e. The second-order valence-electron chi connectivity index (χ2n) is 15.2. The van der Waals surface area contributed by atoms with Crippen molar-refractivity contribution in [1.29, 1.82) is 0 Å². The minimum Gasteiger partial charge on any atom is -0.492 e. The highest BCUT2D eigenvalue weighted by Crippen LogP contribution is 2.33. The third-order valence-corrected chi connectivity index (χ3v) is 11.3. The first kappa shape index (κ1) is 37.8. The molecule has 2 saturated heterocycles. The van der Waals surface area contributed by atoms with Gasteiger partial charge >= 0.3 is 0 Å². The van der Waals surface area contributed by atoms with E-state index in [0.29, 0.717) is 38.7 Å². The number of nitrogens with one attached hydrogen (secondary N) is 1. The minimum absolute atomic E-state index is 0.0423. The Hall–Kier alpha value is -4.54. The number of benzene rings is 4. The number of ether oxygens (including phenoxy) is 2. The van der Waals surface area contributed by atoms with Gasteiger partial charge in [-0.2, -0.15) is 0 Å². The summed E-state index contributed by atoms with van der Waals surface area (Å²) in [7, 11) is 0. The van der Waals surface area contributed by atoms with E-state index in [2.05, 4.69) is 34.5 Å². The number of amides is 2. The average molecular weight is 732 g/mol. The maximum absolute atomic E-state index is 14.1. The van der Waals surface area contributed by atoms with Gasteiger partial charge in [-0.15, -0.1) is 0 Å². The van der Waals surface area contributed by atoms with Crippen LogP contribution >= 0.6 is 0 Å². The fourth-order valence-electron chi connectivity index (χ4n) is 8.41. The molecule has 9 heteroatoms. The van der Waals surface area contributed by atoms with Crippen molar-refractivity contribution in [2.45, 2.75) is 62.8 Å². The van der Waals surface area contributed by atoms with E-state index in [4.69, 9.17) is 9.47 Å². The van der Waals surface area contributed by atoms with E-state index in [1.54, 1.807) is 0 Å². The smallest absolute Gasteiger partial charge is 0.226 e. The Morgan fingerprint density at radius 2 is 1.52 bits per heavy atom. The number of rotatable bonds is 16. The normalized spacial score (nSPS) is 22.5. The molecule has 3 aliphatic rings. The van der Waals surface area contributed by atoms with Crippen molar-refractivity contribution in [1.82, 2.24) is 15.1 Å². The Morgan fingerprint density at radius 3 is 2.26 bits per heavy atom. The summed E-state index contributed by atoms with van der Waals surface area (Å²) in [4.78, 5) is 32.3. The number of hydrogen-bond donors (Lipinski definition) is 3. The van der Waals surface area contributed by atoms with E-state index in [0.717, 1.165) is 66.4 Å². The summed E-state index contributed by atoms with van der Waals surface area (Å²) >= 11 is 0. The summed E-state index contributed by atoms with van der Waals surface area (Å²) in [5.41, 5.74) is 5.17. The molecule has 0 unspecified atom stereocenters. The summed E-state index contributed by atoms with van der Waals surface area (Å²) in [6, 6.07) is 35.3. The molecule has 1 aliphatic carbocycles. The molecule has 54 heavy (non-hydrogen) atoms. The summed E-state index contributed by atoms with van der Waals surface area (Å²) in [5, 5.41) is 25.7. The predicted octanol–water partition coefficient (Wildman–Crippen LogP) is 4.78. The van der Waals surface area contributed by atoms with Crippen LogP contribution in [0.25, 0.3) is 0 Å². The molecule has 2 amide bonds. The van der Waals surface area contributed by atoms with Gasteiger partial charge in [-0.05, 0) is 72.1 Å². The molecule has 2 aliphatic heterocycles.